The molecular weight excluding hydrogens is 216 g/mol. The van der Waals surface area contributed by atoms with Crippen LogP contribution in [-0.2, 0) is 4.74 Å². The lowest BCUT2D eigenvalue weighted by atomic mass is 9.79. The van der Waals surface area contributed by atoms with Gasteiger partial charge in [-0.05, 0) is 44.6 Å². The van der Waals surface area contributed by atoms with Crippen LogP contribution in [0.4, 0.5) is 0 Å². The molecule has 0 aromatic carbocycles. The van der Waals surface area contributed by atoms with Crippen LogP contribution in [0.5, 0.6) is 0 Å². The van der Waals surface area contributed by atoms with E-state index in [-0.39, 0.29) is 5.41 Å². The number of hydrogen-bond acceptors (Lipinski definition) is 4. The molecule has 0 amide bonds. The van der Waals surface area contributed by atoms with Gasteiger partial charge in [-0.2, -0.15) is 0 Å². The van der Waals surface area contributed by atoms with Gasteiger partial charge >= 0.3 is 0 Å². The van der Waals surface area contributed by atoms with E-state index in [2.05, 4.69) is 4.90 Å². The summed E-state index contributed by atoms with van der Waals surface area (Å²) in [6.07, 6.45) is 3.92. The first kappa shape index (κ1) is 13.3. The van der Waals surface area contributed by atoms with Gasteiger partial charge in [-0.3, -0.25) is 0 Å². The standard InChI is InChI=1S/C13H26N2O2/c1-12(16)2-6-15(7-3-12)11-13(10-14)4-8-17-9-5-13/h16H,2-11,14H2,1H3. The highest BCUT2D eigenvalue weighted by Crippen LogP contribution is 2.32. The lowest BCUT2D eigenvalue weighted by Gasteiger charge is -2.43. The number of hydrogen-bond donors (Lipinski definition) is 2. The molecule has 0 aromatic heterocycles. The predicted molar refractivity (Wildman–Crippen MR) is 67.8 cm³/mol. The number of nitrogens with two attached hydrogens (primary N) is 1. The van der Waals surface area contributed by atoms with Gasteiger partial charge in [0.05, 0.1) is 5.60 Å². The third-order valence-electron chi connectivity index (χ3n) is 4.48. The van der Waals surface area contributed by atoms with Crippen LogP contribution < -0.4 is 5.73 Å². The Bertz CT molecular complexity index is 240. The van der Waals surface area contributed by atoms with Gasteiger partial charge in [-0.1, -0.05) is 0 Å². The third kappa shape index (κ3) is 3.41. The third-order valence-corrected chi connectivity index (χ3v) is 4.48. The zero-order valence-corrected chi connectivity index (χ0v) is 11.0. The van der Waals surface area contributed by atoms with Crippen LogP contribution in [0.1, 0.15) is 32.6 Å². The Morgan fingerprint density at radius 3 is 2.29 bits per heavy atom. The molecule has 0 atom stereocenters. The van der Waals surface area contributed by atoms with E-state index in [1.54, 1.807) is 0 Å². The van der Waals surface area contributed by atoms with E-state index >= 15 is 0 Å². The normalized spacial score (nSPS) is 29.1. The number of rotatable bonds is 3. The highest BCUT2D eigenvalue weighted by molar-refractivity contribution is 4.89. The fraction of sp³-hybridized carbons (Fsp3) is 1.00. The summed E-state index contributed by atoms with van der Waals surface area (Å²) in [6.45, 7) is 7.46. The number of piperidine rings is 1. The van der Waals surface area contributed by atoms with E-state index in [9.17, 15) is 5.11 Å². The minimum Gasteiger partial charge on any atom is -0.390 e. The molecule has 2 fully saturated rings. The summed E-state index contributed by atoms with van der Waals surface area (Å²) in [7, 11) is 0. The molecular formula is C13H26N2O2. The van der Waals surface area contributed by atoms with E-state index in [1.165, 1.54) is 0 Å². The Labute approximate surface area is 104 Å². The van der Waals surface area contributed by atoms with Crippen molar-refractivity contribution in [1.82, 2.24) is 4.90 Å². The summed E-state index contributed by atoms with van der Waals surface area (Å²) in [5, 5.41) is 9.95. The maximum absolute atomic E-state index is 9.95. The van der Waals surface area contributed by atoms with Gasteiger partial charge in [-0.15, -0.1) is 0 Å². The van der Waals surface area contributed by atoms with Crippen LogP contribution in [0, 0.1) is 5.41 Å². The number of ether oxygens (including phenoxy) is 1. The van der Waals surface area contributed by atoms with Gasteiger partial charge < -0.3 is 20.5 Å². The molecule has 17 heavy (non-hydrogen) atoms. The molecule has 0 bridgehead atoms. The highest BCUT2D eigenvalue weighted by Gasteiger charge is 2.35. The number of nitrogens with zero attached hydrogens (tertiary/aromatic N) is 1. The predicted octanol–water partition coefficient (Wildman–Crippen LogP) is 0.589. The van der Waals surface area contributed by atoms with Crippen LogP contribution in [0.25, 0.3) is 0 Å². The molecule has 0 spiro atoms. The molecule has 0 aliphatic carbocycles. The van der Waals surface area contributed by atoms with Gasteiger partial charge in [0.2, 0.25) is 0 Å². The van der Waals surface area contributed by atoms with Crippen molar-refractivity contribution in [3.8, 4) is 0 Å². The first-order valence-corrected chi connectivity index (χ1v) is 6.78. The van der Waals surface area contributed by atoms with Crippen molar-refractivity contribution >= 4 is 0 Å². The molecule has 0 saturated carbocycles. The Morgan fingerprint density at radius 1 is 1.18 bits per heavy atom. The van der Waals surface area contributed by atoms with Gasteiger partial charge in [0.25, 0.3) is 0 Å². The molecule has 2 saturated heterocycles. The van der Waals surface area contributed by atoms with Crippen molar-refractivity contribution in [2.45, 2.75) is 38.2 Å². The summed E-state index contributed by atoms with van der Waals surface area (Å²) in [6, 6.07) is 0. The number of aliphatic hydroxyl groups is 1. The smallest absolute Gasteiger partial charge is 0.0644 e. The first-order chi connectivity index (χ1) is 8.05. The number of likely N-dealkylation sites (tertiary alicyclic amines) is 1. The summed E-state index contributed by atoms with van der Waals surface area (Å²) in [4.78, 5) is 2.47. The molecule has 4 nitrogen and oxygen atoms in total. The molecule has 0 unspecified atom stereocenters. The van der Waals surface area contributed by atoms with E-state index in [4.69, 9.17) is 10.5 Å². The molecule has 2 rings (SSSR count). The fourth-order valence-electron chi connectivity index (χ4n) is 2.90. The molecule has 2 aliphatic heterocycles. The van der Waals surface area contributed by atoms with E-state index in [0.717, 1.165) is 65.1 Å². The Hall–Kier alpha value is -0.160. The Kier molecular flexibility index (Phi) is 4.08. The second-order valence-corrected chi connectivity index (χ2v) is 6.09. The maximum atomic E-state index is 9.95. The average molecular weight is 242 g/mol. The van der Waals surface area contributed by atoms with Crippen LogP contribution >= 0.6 is 0 Å². The van der Waals surface area contributed by atoms with Gasteiger partial charge in [-0.25, -0.2) is 0 Å². The maximum Gasteiger partial charge on any atom is 0.0644 e. The van der Waals surface area contributed by atoms with Crippen molar-refractivity contribution in [3.05, 3.63) is 0 Å². The topological polar surface area (TPSA) is 58.7 Å². The summed E-state index contributed by atoms with van der Waals surface area (Å²) in [5.74, 6) is 0. The van der Waals surface area contributed by atoms with Crippen molar-refractivity contribution in [1.29, 1.82) is 0 Å². The second kappa shape index (κ2) is 5.22. The SMILES string of the molecule is CC1(O)CCN(CC2(CN)CCOCC2)CC1. The summed E-state index contributed by atoms with van der Waals surface area (Å²) in [5.41, 5.74) is 5.77. The summed E-state index contributed by atoms with van der Waals surface area (Å²) >= 11 is 0. The lowest BCUT2D eigenvalue weighted by molar-refractivity contribution is -0.0367. The Balaban J connectivity index is 1.87. The molecule has 4 heteroatoms. The monoisotopic (exact) mass is 242 g/mol. The van der Waals surface area contributed by atoms with Gasteiger partial charge in [0.1, 0.15) is 0 Å². The van der Waals surface area contributed by atoms with Crippen LogP contribution in [0.3, 0.4) is 0 Å². The summed E-state index contributed by atoms with van der Waals surface area (Å²) < 4.78 is 5.43. The molecule has 0 aromatic rings. The van der Waals surface area contributed by atoms with E-state index < -0.39 is 5.60 Å². The van der Waals surface area contributed by atoms with Crippen molar-refractivity contribution in [2.75, 3.05) is 39.4 Å². The second-order valence-electron chi connectivity index (χ2n) is 6.09. The lowest BCUT2D eigenvalue weighted by Crippen LogP contribution is -2.50. The van der Waals surface area contributed by atoms with Crippen LogP contribution in [-0.4, -0.2) is 55.0 Å². The minimum absolute atomic E-state index is 0.251. The van der Waals surface area contributed by atoms with Crippen LogP contribution in [0.15, 0.2) is 0 Å². The van der Waals surface area contributed by atoms with Crippen LogP contribution in [0.2, 0.25) is 0 Å². The zero-order chi connectivity index (χ0) is 12.4. The van der Waals surface area contributed by atoms with Crippen molar-refractivity contribution < 1.29 is 9.84 Å². The van der Waals surface area contributed by atoms with Gasteiger partial charge in [0.15, 0.2) is 0 Å². The quantitative estimate of drug-likeness (QED) is 0.760. The molecule has 3 N–H and O–H groups in total. The zero-order valence-electron chi connectivity index (χ0n) is 11.0. The molecule has 100 valence electrons. The van der Waals surface area contributed by atoms with E-state index in [1.807, 2.05) is 6.92 Å². The molecule has 0 radical (unpaired) electrons. The average Bonchev–Trinajstić information content (AvgIpc) is 2.33. The largest absolute Gasteiger partial charge is 0.390 e. The minimum atomic E-state index is -0.456. The fourth-order valence-corrected chi connectivity index (χ4v) is 2.90. The first-order valence-electron chi connectivity index (χ1n) is 6.78. The molecule has 2 heterocycles. The molecule has 2 aliphatic rings. The van der Waals surface area contributed by atoms with Crippen molar-refractivity contribution in [2.24, 2.45) is 11.1 Å². The Morgan fingerprint density at radius 2 is 1.76 bits per heavy atom. The van der Waals surface area contributed by atoms with Gasteiger partial charge in [0, 0.05) is 32.8 Å². The van der Waals surface area contributed by atoms with E-state index in [0.29, 0.717) is 0 Å². The highest BCUT2D eigenvalue weighted by atomic mass is 16.5. The van der Waals surface area contributed by atoms with Crippen molar-refractivity contribution in [3.63, 3.8) is 0 Å².